The van der Waals surface area contributed by atoms with Crippen molar-refractivity contribution in [3.8, 4) is 0 Å². The number of nitrogens with one attached hydrogen (secondary N) is 2. The van der Waals surface area contributed by atoms with Crippen molar-refractivity contribution in [3.63, 3.8) is 0 Å². The predicted octanol–water partition coefficient (Wildman–Crippen LogP) is 5.21. The molecule has 0 aromatic heterocycles. The molecule has 1 aliphatic heterocycles. The molecule has 1 heterocycles. The van der Waals surface area contributed by atoms with Crippen LogP contribution in [0.1, 0.15) is 34.4 Å². The lowest BCUT2D eigenvalue weighted by atomic mass is 10.0. The highest BCUT2D eigenvalue weighted by molar-refractivity contribution is 8.19. The van der Waals surface area contributed by atoms with Crippen LogP contribution in [0.25, 0.3) is 0 Å². The van der Waals surface area contributed by atoms with E-state index in [1.165, 1.54) is 5.56 Å². The van der Waals surface area contributed by atoms with Gasteiger partial charge in [0.15, 0.2) is 0 Å². The van der Waals surface area contributed by atoms with Crippen LogP contribution in [0.15, 0.2) is 48.5 Å². The minimum absolute atomic E-state index is 0.0552. The Morgan fingerprint density at radius 3 is 2.39 bits per heavy atom. The maximum absolute atomic E-state index is 12.9. The molecular formula is C21H23ClN2O2S2. The van der Waals surface area contributed by atoms with Crippen molar-refractivity contribution in [1.29, 1.82) is 0 Å². The van der Waals surface area contributed by atoms with E-state index in [0.717, 1.165) is 17.2 Å². The lowest BCUT2D eigenvalue weighted by Gasteiger charge is -2.22. The summed E-state index contributed by atoms with van der Waals surface area (Å²) in [6.45, 7) is 3.82. The van der Waals surface area contributed by atoms with E-state index in [2.05, 4.69) is 16.7 Å². The van der Waals surface area contributed by atoms with Crippen LogP contribution in [0.3, 0.4) is 0 Å². The molecule has 0 bridgehead atoms. The molecule has 7 heteroatoms. The van der Waals surface area contributed by atoms with Gasteiger partial charge in [-0.05, 0) is 47.9 Å². The maximum atomic E-state index is 12.9. The van der Waals surface area contributed by atoms with Gasteiger partial charge >= 0.3 is 0 Å². The molecule has 3 rings (SSSR count). The first-order valence-corrected chi connectivity index (χ1v) is 11.6. The molecule has 1 saturated heterocycles. The van der Waals surface area contributed by atoms with Crippen molar-refractivity contribution in [2.45, 2.75) is 24.5 Å². The van der Waals surface area contributed by atoms with Crippen LogP contribution in [-0.4, -0.2) is 29.4 Å². The Kier molecular flexibility index (Phi) is 7.32. The van der Waals surface area contributed by atoms with Gasteiger partial charge in [-0.25, -0.2) is 0 Å². The fourth-order valence-electron chi connectivity index (χ4n) is 2.89. The molecule has 0 aliphatic carbocycles. The van der Waals surface area contributed by atoms with Crippen molar-refractivity contribution in [2.24, 2.45) is 5.92 Å². The lowest BCUT2D eigenvalue weighted by molar-refractivity contribution is -0.118. The van der Waals surface area contributed by atoms with Gasteiger partial charge in [-0.3, -0.25) is 9.59 Å². The molecule has 0 saturated carbocycles. The highest BCUT2D eigenvalue weighted by Crippen LogP contribution is 2.45. The molecule has 28 heavy (non-hydrogen) atoms. The monoisotopic (exact) mass is 434 g/mol. The third kappa shape index (κ3) is 5.46. The number of hydrogen-bond acceptors (Lipinski definition) is 4. The molecule has 2 aromatic rings. The summed E-state index contributed by atoms with van der Waals surface area (Å²) in [4.78, 5) is 25.4. The molecule has 1 aliphatic rings. The highest BCUT2D eigenvalue weighted by Gasteiger charge is 2.25. The van der Waals surface area contributed by atoms with Gasteiger partial charge in [0, 0.05) is 27.8 Å². The number of rotatable bonds is 6. The van der Waals surface area contributed by atoms with Crippen molar-refractivity contribution in [3.05, 3.63) is 64.7 Å². The normalized spacial score (nSPS) is 15.4. The summed E-state index contributed by atoms with van der Waals surface area (Å²) < 4.78 is 0.419. The minimum atomic E-state index is -0.637. The van der Waals surface area contributed by atoms with E-state index in [4.69, 9.17) is 11.6 Å². The van der Waals surface area contributed by atoms with Gasteiger partial charge in [0.2, 0.25) is 5.91 Å². The summed E-state index contributed by atoms with van der Waals surface area (Å²) in [6.07, 6.45) is 0. The molecule has 2 N–H and O–H groups in total. The van der Waals surface area contributed by atoms with Crippen LogP contribution in [0.5, 0.6) is 0 Å². The van der Waals surface area contributed by atoms with E-state index >= 15 is 0 Å². The smallest absolute Gasteiger partial charge is 0.251 e. The SMILES string of the molecule is CC(C)[C@H](NC(=O)c1ccc(Cl)cc1)C(=O)Nc1cccc(C2SCCS2)c1. The summed E-state index contributed by atoms with van der Waals surface area (Å²) in [5.41, 5.74) is 2.43. The number of amides is 2. The van der Waals surface area contributed by atoms with Gasteiger partial charge in [-0.15, -0.1) is 23.5 Å². The first-order chi connectivity index (χ1) is 13.4. The van der Waals surface area contributed by atoms with E-state index in [1.807, 2.05) is 55.6 Å². The van der Waals surface area contributed by atoms with Gasteiger partial charge in [0.25, 0.3) is 5.91 Å². The summed E-state index contributed by atoms with van der Waals surface area (Å²) in [5.74, 6) is 1.73. The van der Waals surface area contributed by atoms with E-state index in [0.29, 0.717) is 15.2 Å². The summed E-state index contributed by atoms with van der Waals surface area (Å²) >= 11 is 9.72. The van der Waals surface area contributed by atoms with E-state index < -0.39 is 6.04 Å². The van der Waals surface area contributed by atoms with Crippen LogP contribution in [-0.2, 0) is 4.79 Å². The number of carbonyl (C=O) groups is 2. The van der Waals surface area contributed by atoms with Gasteiger partial charge < -0.3 is 10.6 Å². The highest BCUT2D eigenvalue weighted by atomic mass is 35.5. The number of hydrogen-bond donors (Lipinski definition) is 2. The second kappa shape index (κ2) is 9.72. The Labute approximate surface area is 179 Å². The number of benzene rings is 2. The number of thioether (sulfide) groups is 2. The van der Waals surface area contributed by atoms with E-state index in [1.54, 1.807) is 24.3 Å². The molecule has 2 amide bonds. The molecule has 1 atom stereocenters. The average Bonchev–Trinajstić information content (AvgIpc) is 3.21. The third-order valence-electron chi connectivity index (χ3n) is 4.39. The molecule has 1 fully saturated rings. The Bertz CT molecular complexity index is 837. The molecule has 148 valence electrons. The zero-order valence-electron chi connectivity index (χ0n) is 15.8. The topological polar surface area (TPSA) is 58.2 Å². The average molecular weight is 435 g/mol. The van der Waals surface area contributed by atoms with Gasteiger partial charge in [-0.2, -0.15) is 0 Å². The Balaban J connectivity index is 1.68. The first-order valence-electron chi connectivity index (χ1n) is 9.14. The maximum Gasteiger partial charge on any atom is 0.251 e. The van der Waals surface area contributed by atoms with Crippen LogP contribution in [0.2, 0.25) is 5.02 Å². The molecule has 0 spiro atoms. The number of carbonyl (C=O) groups excluding carboxylic acids is 2. The van der Waals surface area contributed by atoms with E-state index in [-0.39, 0.29) is 17.7 Å². The van der Waals surface area contributed by atoms with Crippen LogP contribution < -0.4 is 10.6 Å². The van der Waals surface area contributed by atoms with Crippen molar-refractivity contribution >= 4 is 52.6 Å². The van der Waals surface area contributed by atoms with Gasteiger partial charge in [0.1, 0.15) is 6.04 Å². The second-order valence-electron chi connectivity index (χ2n) is 6.89. The summed E-state index contributed by atoms with van der Waals surface area (Å²) in [5, 5.41) is 6.36. The van der Waals surface area contributed by atoms with Crippen molar-refractivity contribution in [1.82, 2.24) is 5.32 Å². The zero-order chi connectivity index (χ0) is 20.1. The number of halogens is 1. The van der Waals surface area contributed by atoms with Gasteiger partial charge in [0.05, 0.1) is 4.58 Å². The van der Waals surface area contributed by atoms with Crippen molar-refractivity contribution in [2.75, 3.05) is 16.8 Å². The zero-order valence-corrected chi connectivity index (χ0v) is 18.2. The Morgan fingerprint density at radius 2 is 1.75 bits per heavy atom. The van der Waals surface area contributed by atoms with Crippen LogP contribution in [0.4, 0.5) is 5.69 Å². The second-order valence-corrected chi connectivity index (χ2v) is 10.1. The largest absolute Gasteiger partial charge is 0.340 e. The number of anilines is 1. The molecular weight excluding hydrogens is 412 g/mol. The standard InChI is InChI=1S/C21H23ClN2O2S2/c1-13(2)18(24-19(25)14-6-8-16(22)9-7-14)20(26)23-17-5-3-4-15(12-17)21-27-10-11-28-21/h3-9,12-13,18,21H,10-11H2,1-2H3,(H,23,26)(H,24,25)/t18-/m0/s1. The molecule has 0 unspecified atom stereocenters. The third-order valence-corrected chi connectivity index (χ3v) is 7.75. The molecule has 4 nitrogen and oxygen atoms in total. The Morgan fingerprint density at radius 1 is 1.07 bits per heavy atom. The Hall–Kier alpha value is -1.63. The van der Waals surface area contributed by atoms with Gasteiger partial charge in [-0.1, -0.05) is 37.6 Å². The fourth-order valence-corrected chi connectivity index (χ4v) is 5.86. The van der Waals surface area contributed by atoms with Crippen LogP contribution in [0, 0.1) is 5.92 Å². The quantitative estimate of drug-likeness (QED) is 0.655. The molecule has 0 radical (unpaired) electrons. The first kappa shape index (κ1) is 21.1. The molecule has 2 aromatic carbocycles. The minimum Gasteiger partial charge on any atom is -0.340 e. The van der Waals surface area contributed by atoms with Crippen LogP contribution >= 0.6 is 35.1 Å². The lowest BCUT2D eigenvalue weighted by Crippen LogP contribution is -2.47. The predicted molar refractivity (Wildman–Crippen MR) is 120 cm³/mol. The summed E-state index contributed by atoms with van der Waals surface area (Å²) in [7, 11) is 0. The summed E-state index contributed by atoms with van der Waals surface area (Å²) in [6, 6.07) is 13.9. The fraction of sp³-hybridized carbons (Fsp3) is 0.333. The van der Waals surface area contributed by atoms with E-state index in [9.17, 15) is 9.59 Å². The van der Waals surface area contributed by atoms with Crippen molar-refractivity contribution < 1.29 is 9.59 Å².